The van der Waals surface area contributed by atoms with Gasteiger partial charge in [0, 0.05) is 32.7 Å². The number of hydrogen-bond donors (Lipinski definition) is 1. The fraction of sp³-hybridized carbons (Fsp3) is 0.375. The normalized spacial score (nSPS) is 9.19. The quantitative estimate of drug-likeness (QED) is 0.806. The maximum Gasteiger partial charge on any atom is 0.438 e. The van der Waals surface area contributed by atoms with E-state index in [1.165, 1.54) is 20.5 Å². The van der Waals surface area contributed by atoms with Crippen LogP contribution < -0.4 is 5.06 Å². The molecule has 7 nitrogen and oxygen atoms in total. The van der Waals surface area contributed by atoms with E-state index in [0.29, 0.717) is 5.69 Å². The van der Waals surface area contributed by atoms with Crippen molar-refractivity contribution in [3.8, 4) is 5.88 Å². The van der Waals surface area contributed by atoms with E-state index < -0.39 is 6.09 Å². The molecule has 0 spiro atoms. The maximum absolute atomic E-state index is 11.3. The topological polar surface area (TPSA) is 84.8 Å². The molecule has 0 atom stereocenters. The van der Waals surface area contributed by atoms with Crippen LogP contribution in [0.15, 0.2) is 6.33 Å². The van der Waals surface area contributed by atoms with Gasteiger partial charge in [0.1, 0.15) is 6.33 Å². The van der Waals surface area contributed by atoms with Crippen LogP contribution in [0.2, 0.25) is 0 Å². The van der Waals surface area contributed by atoms with Crippen LogP contribution in [-0.2, 0) is 42.3 Å². The van der Waals surface area contributed by atoms with E-state index in [4.69, 9.17) is 4.84 Å². The second-order valence-corrected chi connectivity index (χ2v) is 2.58. The van der Waals surface area contributed by atoms with Gasteiger partial charge in [-0.1, -0.05) is 0 Å². The summed E-state index contributed by atoms with van der Waals surface area (Å²) in [6.45, 7) is 1.60. The first-order chi connectivity index (χ1) is 7.11. The van der Waals surface area contributed by atoms with E-state index >= 15 is 0 Å². The van der Waals surface area contributed by atoms with Crippen LogP contribution in [0.5, 0.6) is 5.88 Å². The van der Waals surface area contributed by atoms with Crippen molar-refractivity contribution in [1.29, 1.82) is 0 Å². The number of aromatic hydroxyl groups is 1. The Kier molecular flexibility index (Phi) is 6.39. The Hall–Kier alpha value is -0.786. The summed E-state index contributed by atoms with van der Waals surface area (Å²) in [7, 11) is 2.47. The third-order valence-electron chi connectivity index (χ3n) is 1.71. The molecule has 8 heteroatoms. The van der Waals surface area contributed by atoms with Gasteiger partial charge in [0.2, 0.25) is 5.88 Å². The predicted molar refractivity (Wildman–Crippen MR) is 50.3 cm³/mol. The number of anilines is 1. The number of amides is 1. The predicted octanol–water partition coefficient (Wildman–Crippen LogP) is 0.622. The Morgan fingerprint density at radius 2 is 2.06 bits per heavy atom. The van der Waals surface area contributed by atoms with Crippen molar-refractivity contribution in [2.24, 2.45) is 0 Å². The number of carbonyl (C=O) groups is 1. The van der Waals surface area contributed by atoms with Crippen molar-refractivity contribution >= 4 is 11.8 Å². The molecule has 1 heterocycles. The minimum atomic E-state index is -0.772. The third-order valence-corrected chi connectivity index (χ3v) is 1.71. The molecule has 0 fully saturated rings. The molecular weight excluding hydrogens is 291 g/mol. The standard InChI is InChI=1S/C8H11N3O4.Y/c1-5-6(7(12)10-4-9-5)11(15-3)8(13)14-2;/h4H,1-3H3,(H,9,10,12);. The molecular formula is C8H11N3O4Y. The number of aryl methyl sites for hydroxylation is 1. The van der Waals surface area contributed by atoms with Gasteiger partial charge in [-0.15, -0.1) is 5.06 Å². The first-order valence-electron chi connectivity index (χ1n) is 4.04. The molecule has 1 amide bonds. The average Bonchev–Trinajstić information content (AvgIpc) is 2.22. The van der Waals surface area contributed by atoms with Gasteiger partial charge in [0.25, 0.3) is 0 Å². The monoisotopic (exact) mass is 302 g/mol. The summed E-state index contributed by atoms with van der Waals surface area (Å²) < 4.78 is 4.46. The fourth-order valence-electron chi connectivity index (χ4n) is 1.03. The van der Waals surface area contributed by atoms with Crippen LogP contribution in [0.25, 0.3) is 0 Å². The van der Waals surface area contributed by atoms with Crippen LogP contribution in [0.1, 0.15) is 5.69 Å². The molecule has 0 aromatic carbocycles. The summed E-state index contributed by atoms with van der Waals surface area (Å²) in [5.74, 6) is -0.352. The average molecular weight is 302 g/mol. The zero-order valence-electron chi connectivity index (χ0n) is 9.17. The largest absolute Gasteiger partial charge is 0.492 e. The van der Waals surface area contributed by atoms with Crippen LogP contribution in [0, 0.1) is 6.92 Å². The number of carbonyl (C=O) groups excluding carboxylic acids is 1. The minimum Gasteiger partial charge on any atom is -0.492 e. The molecule has 1 N–H and O–H groups in total. The van der Waals surface area contributed by atoms with E-state index in [-0.39, 0.29) is 44.3 Å². The van der Waals surface area contributed by atoms with E-state index in [1.807, 2.05) is 0 Å². The van der Waals surface area contributed by atoms with Crippen molar-refractivity contribution < 1.29 is 52.2 Å². The van der Waals surface area contributed by atoms with Crippen molar-refractivity contribution in [3.63, 3.8) is 0 Å². The van der Waals surface area contributed by atoms with Gasteiger partial charge >= 0.3 is 6.09 Å². The van der Waals surface area contributed by atoms with Gasteiger partial charge in [-0.3, -0.25) is 4.84 Å². The summed E-state index contributed by atoms with van der Waals surface area (Å²) in [6, 6.07) is 0. The van der Waals surface area contributed by atoms with Gasteiger partial charge in [0.15, 0.2) is 5.69 Å². The fourth-order valence-corrected chi connectivity index (χ4v) is 1.03. The first-order valence-corrected chi connectivity index (χ1v) is 4.04. The van der Waals surface area contributed by atoms with Gasteiger partial charge in [-0.05, 0) is 6.92 Å². The molecule has 0 aliphatic rings. The van der Waals surface area contributed by atoms with Crippen LogP contribution in [0.4, 0.5) is 10.5 Å². The van der Waals surface area contributed by atoms with Crippen molar-refractivity contribution in [2.45, 2.75) is 6.92 Å². The van der Waals surface area contributed by atoms with E-state index in [2.05, 4.69) is 14.7 Å². The number of nitrogens with zero attached hydrogens (tertiary/aromatic N) is 3. The summed E-state index contributed by atoms with van der Waals surface area (Å²) in [4.78, 5) is 23.4. The van der Waals surface area contributed by atoms with Crippen LogP contribution >= 0.6 is 0 Å². The summed E-state index contributed by atoms with van der Waals surface area (Å²) in [6.07, 6.45) is 0.407. The molecule has 1 rings (SSSR count). The second-order valence-electron chi connectivity index (χ2n) is 2.58. The first kappa shape index (κ1) is 15.2. The van der Waals surface area contributed by atoms with Crippen LogP contribution in [0.3, 0.4) is 0 Å². The molecule has 0 aliphatic carbocycles. The number of methoxy groups -OCH3 is 1. The van der Waals surface area contributed by atoms with Gasteiger partial charge in [-0.2, -0.15) is 0 Å². The van der Waals surface area contributed by atoms with Gasteiger partial charge in [-0.25, -0.2) is 14.8 Å². The van der Waals surface area contributed by atoms with Gasteiger partial charge in [0.05, 0.1) is 19.9 Å². The number of rotatable bonds is 2. The molecule has 1 aromatic heterocycles. The SMILES string of the molecule is COC(=O)N(OC)c1c(C)ncnc1O.[Y]. The van der Waals surface area contributed by atoms with E-state index in [1.54, 1.807) is 6.92 Å². The summed E-state index contributed by atoms with van der Waals surface area (Å²) >= 11 is 0. The van der Waals surface area contributed by atoms with Crippen LogP contribution in [-0.4, -0.2) is 35.4 Å². The molecule has 0 bridgehead atoms. The number of hydroxylamine groups is 1. The maximum atomic E-state index is 11.3. The van der Waals surface area contributed by atoms with E-state index in [0.717, 1.165) is 5.06 Å². The molecule has 0 aliphatic heterocycles. The van der Waals surface area contributed by atoms with Crippen molar-refractivity contribution in [2.75, 3.05) is 19.3 Å². The Labute approximate surface area is 118 Å². The number of hydrogen-bond acceptors (Lipinski definition) is 6. The molecule has 1 aromatic rings. The molecule has 1 radical (unpaired) electrons. The molecule has 16 heavy (non-hydrogen) atoms. The zero-order chi connectivity index (χ0) is 11.4. The number of aromatic nitrogens is 2. The Morgan fingerprint density at radius 3 is 2.50 bits per heavy atom. The number of ether oxygens (including phenoxy) is 1. The smallest absolute Gasteiger partial charge is 0.438 e. The molecule has 0 saturated carbocycles. The Balaban J connectivity index is 0.00000225. The molecule has 0 saturated heterocycles. The molecule has 85 valence electrons. The molecule has 0 unspecified atom stereocenters. The van der Waals surface area contributed by atoms with Crippen molar-refractivity contribution in [3.05, 3.63) is 12.0 Å². The van der Waals surface area contributed by atoms with Crippen molar-refractivity contribution in [1.82, 2.24) is 9.97 Å². The summed E-state index contributed by atoms with van der Waals surface area (Å²) in [5, 5.41) is 10.2. The zero-order valence-corrected chi connectivity index (χ0v) is 12.0. The second kappa shape index (κ2) is 6.72. The minimum absolute atomic E-state index is 0. The van der Waals surface area contributed by atoms with Gasteiger partial charge < -0.3 is 9.84 Å². The Morgan fingerprint density at radius 1 is 1.44 bits per heavy atom. The Bertz CT molecular complexity index is 354. The third kappa shape index (κ3) is 3.10. The van der Waals surface area contributed by atoms with E-state index in [9.17, 15) is 9.90 Å². The summed E-state index contributed by atoms with van der Waals surface area (Å²) in [5.41, 5.74) is 0.460.